The monoisotopic (exact) mass is 257 g/mol. The molecule has 1 saturated heterocycles. The van der Waals surface area contributed by atoms with Gasteiger partial charge in [-0.05, 0) is 37.5 Å². The Bertz CT molecular complexity index is 511. The Morgan fingerprint density at radius 1 is 1.42 bits per heavy atom. The van der Waals surface area contributed by atoms with Crippen molar-refractivity contribution in [3.63, 3.8) is 0 Å². The molecule has 0 radical (unpaired) electrons. The van der Waals surface area contributed by atoms with Crippen molar-refractivity contribution in [1.82, 2.24) is 5.32 Å². The molecule has 1 N–H and O–H groups in total. The van der Waals surface area contributed by atoms with Gasteiger partial charge in [-0.25, -0.2) is 0 Å². The fourth-order valence-electron chi connectivity index (χ4n) is 2.57. The largest absolute Gasteiger partial charge is 0.370 e. The molecule has 1 aliphatic rings. The van der Waals surface area contributed by atoms with E-state index in [0.29, 0.717) is 0 Å². The van der Waals surface area contributed by atoms with Gasteiger partial charge in [0, 0.05) is 26.1 Å². The Labute approximate surface area is 114 Å². The third-order valence-corrected chi connectivity index (χ3v) is 3.52. The second-order valence-electron chi connectivity index (χ2n) is 5.09. The standard InChI is InChI=1S/C15H19N3O/c1-11-3-4-15(13(9-11)10-16)18-7-5-14(6-8-18)17-12(2)19/h3-4,9,14H,5-8H2,1-2H3,(H,17,19). The predicted molar refractivity (Wildman–Crippen MR) is 74.9 cm³/mol. The summed E-state index contributed by atoms with van der Waals surface area (Å²) in [5.74, 6) is 0.0338. The number of rotatable bonds is 2. The van der Waals surface area contributed by atoms with E-state index in [4.69, 9.17) is 0 Å². The number of hydrogen-bond acceptors (Lipinski definition) is 3. The van der Waals surface area contributed by atoms with E-state index in [1.54, 1.807) is 6.92 Å². The highest BCUT2D eigenvalue weighted by Gasteiger charge is 2.21. The van der Waals surface area contributed by atoms with Gasteiger partial charge in [-0.2, -0.15) is 5.26 Å². The maximum absolute atomic E-state index is 11.0. The van der Waals surface area contributed by atoms with Crippen LogP contribution >= 0.6 is 0 Å². The lowest BCUT2D eigenvalue weighted by atomic mass is 10.0. The summed E-state index contributed by atoms with van der Waals surface area (Å²) < 4.78 is 0. The van der Waals surface area contributed by atoms with Gasteiger partial charge in [-0.15, -0.1) is 0 Å². The Kier molecular flexibility index (Phi) is 4.06. The number of amides is 1. The van der Waals surface area contributed by atoms with E-state index < -0.39 is 0 Å². The average Bonchev–Trinajstić information content (AvgIpc) is 2.39. The van der Waals surface area contributed by atoms with Crippen molar-refractivity contribution in [1.29, 1.82) is 5.26 Å². The number of aryl methyl sites for hydroxylation is 1. The van der Waals surface area contributed by atoms with Gasteiger partial charge in [-0.3, -0.25) is 4.79 Å². The number of benzene rings is 1. The Hall–Kier alpha value is -2.02. The highest BCUT2D eigenvalue weighted by molar-refractivity contribution is 5.73. The van der Waals surface area contributed by atoms with Crippen molar-refractivity contribution < 1.29 is 4.79 Å². The van der Waals surface area contributed by atoms with Crippen LogP contribution in [0.25, 0.3) is 0 Å². The van der Waals surface area contributed by atoms with Crippen LogP contribution in [0.5, 0.6) is 0 Å². The molecule has 100 valence electrons. The zero-order valence-electron chi connectivity index (χ0n) is 11.4. The molecule has 0 unspecified atom stereocenters. The first-order chi connectivity index (χ1) is 9.10. The van der Waals surface area contributed by atoms with Crippen LogP contribution in [0, 0.1) is 18.3 Å². The van der Waals surface area contributed by atoms with Gasteiger partial charge in [0.1, 0.15) is 6.07 Å². The van der Waals surface area contributed by atoms with Crippen molar-refractivity contribution in [2.45, 2.75) is 32.7 Å². The van der Waals surface area contributed by atoms with E-state index in [2.05, 4.69) is 16.3 Å². The minimum atomic E-state index is 0.0338. The van der Waals surface area contributed by atoms with Gasteiger partial charge < -0.3 is 10.2 Å². The van der Waals surface area contributed by atoms with Crippen LogP contribution in [0.3, 0.4) is 0 Å². The van der Waals surface area contributed by atoms with Gasteiger partial charge in [0.25, 0.3) is 0 Å². The Morgan fingerprint density at radius 3 is 2.68 bits per heavy atom. The molecule has 1 aromatic rings. The van der Waals surface area contributed by atoms with E-state index in [1.165, 1.54) is 0 Å². The van der Waals surface area contributed by atoms with E-state index in [9.17, 15) is 10.1 Å². The molecular weight excluding hydrogens is 238 g/mol. The van der Waals surface area contributed by atoms with Gasteiger partial charge in [-0.1, -0.05) is 6.07 Å². The Morgan fingerprint density at radius 2 is 2.11 bits per heavy atom. The fourth-order valence-corrected chi connectivity index (χ4v) is 2.57. The molecule has 0 atom stereocenters. The minimum absolute atomic E-state index is 0.0338. The van der Waals surface area contributed by atoms with Crippen LogP contribution in [0.2, 0.25) is 0 Å². The first kappa shape index (κ1) is 13.4. The summed E-state index contributed by atoms with van der Waals surface area (Å²) in [6, 6.07) is 8.52. The van der Waals surface area contributed by atoms with Crippen molar-refractivity contribution >= 4 is 11.6 Å². The minimum Gasteiger partial charge on any atom is -0.370 e. The van der Waals surface area contributed by atoms with Crippen LogP contribution in [0.1, 0.15) is 30.9 Å². The highest BCUT2D eigenvalue weighted by Crippen LogP contribution is 2.24. The number of nitriles is 1. The summed E-state index contributed by atoms with van der Waals surface area (Å²) in [4.78, 5) is 13.3. The summed E-state index contributed by atoms with van der Waals surface area (Å²) in [5, 5.41) is 12.2. The van der Waals surface area contributed by atoms with Gasteiger partial charge in [0.2, 0.25) is 5.91 Å². The number of nitrogens with zero attached hydrogens (tertiary/aromatic N) is 2. The van der Waals surface area contributed by atoms with Crippen molar-refractivity contribution in [2.75, 3.05) is 18.0 Å². The number of carbonyl (C=O) groups is 1. The first-order valence-corrected chi connectivity index (χ1v) is 6.63. The molecule has 1 aromatic carbocycles. The third kappa shape index (κ3) is 3.25. The van der Waals surface area contributed by atoms with Gasteiger partial charge in [0.05, 0.1) is 11.3 Å². The molecule has 0 spiro atoms. The fraction of sp³-hybridized carbons (Fsp3) is 0.467. The topological polar surface area (TPSA) is 56.1 Å². The second kappa shape index (κ2) is 5.75. The molecule has 1 aliphatic heterocycles. The summed E-state index contributed by atoms with van der Waals surface area (Å²) >= 11 is 0. The highest BCUT2D eigenvalue weighted by atomic mass is 16.1. The first-order valence-electron chi connectivity index (χ1n) is 6.63. The van der Waals surface area contributed by atoms with E-state index in [-0.39, 0.29) is 11.9 Å². The molecule has 2 rings (SSSR count). The zero-order chi connectivity index (χ0) is 13.8. The molecule has 0 aliphatic carbocycles. The maximum atomic E-state index is 11.0. The predicted octanol–water partition coefficient (Wildman–Crippen LogP) is 1.97. The smallest absolute Gasteiger partial charge is 0.217 e. The number of carbonyl (C=O) groups excluding carboxylic acids is 1. The normalized spacial score (nSPS) is 15.9. The van der Waals surface area contributed by atoms with E-state index in [0.717, 1.165) is 42.7 Å². The molecule has 4 nitrogen and oxygen atoms in total. The second-order valence-corrected chi connectivity index (χ2v) is 5.09. The number of hydrogen-bond donors (Lipinski definition) is 1. The lowest BCUT2D eigenvalue weighted by Gasteiger charge is -2.34. The summed E-state index contributed by atoms with van der Waals surface area (Å²) in [5.41, 5.74) is 2.85. The molecule has 4 heteroatoms. The van der Waals surface area contributed by atoms with Crippen molar-refractivity contribution in [3.8, 4) is 6.07 Å². The lowest BCUT2D eigenvalue weighted by molar-refractivity contribution is -0.119. The van der Waals surface area contributed by atoms with Crippen LogP contribution in [0.15, 0.2) is 18.2 Å². The molecule has 1 amide bonds. The SMILES string of the molecule is CC(=O)NC1CCN(c2ccc(C)cc2C#N)CC1. The third-order valence-electron chi connectivity index (χ3n) is 3.52. The van der Waals surface area contributed by atoms with Crippen LogP contribution < -0.4 is 10.2 Å². The number of anilines is 1. The summed E-state index contributed by atoms with van der Waals surface area (Å²) in [7, 11) is 0. The lowest BCUT2D eigenvalue weighted by Crippen LogP contribution is -2.44. The van der Waals surface area contributed by atoms with Crippen molar-refractivity contribution in [3.05, 3.63) is 29.3 Å². The number of piperidine rings is 1. The number of nitrogens with one attached hydrogen (secondary N) is 1. The van der Waals surface area contributed by atoms with E-state index in [1.807, 2.05) is 25.1 Å². The van der Waals surface area contributed by atoms with Crippen LogP contribution in [-0.2, 0) is 4.79 Å². The van der Waals surface area contributed by atoms with Crippen molar-refractivity contribution in [2.24, 2.45) is 0 Å². The van der Waals surface area contributed by atoms with Gasteiger partial charge in [0.15, 0.2) is 0 Å². The molecule has 19 heavy (non-hydrogen) atoms. The van der Waals surface area contributed by atoms with E-state index >= 15 is 0 Å². The summed E-state index contributed by atoms with van der Waals surface area (Å²) in [6.45, 7) is 5.30. The summed E-state index contributed by atoms with van der Waals surface area (Å²) in [6.07, 6.45) is 1.86. The van der Waals surface area contributed by atoms with Crippen LogP contribution in [0.4, 0.5) is 5.69 Å². The Balaban J connectivity index is 2.06. The van der Waals surface area contributed by atoms with Crippen LogP contribution in [-0.4, -0.2) is 25.0 Å². The maximum Gasteiger partial charge on any atom is 0.217 e. The quantitative estimate of drug-likeness (QED) is 0.881. The molecular formula is C15H19N3O. The molecule has 1 fully saturated rings. The average molecular weight is 257 g/mol. The molecule has 1 heterocycles. The van der Waals surface area contributed by atoms with Gasteiger partial charge >= 0.3 is 0 Å². The zero-order valence-corrected chi connectivity index (χ0v) is 11.4. The molecule has 0 bridgehead atoms. The molecule has 0 aromatic heterocycles. The molecule has 0 saturated carbocycles.